The second kappa shape index (κ2) is 7.24. The molecule has 3 heterocycles. The fourth-order valence-electron chi connectivity index (χ4n) is 2.54. The van der Waals surface area contributed by atoms with E-state index in [0.717, 1.165) is 25.4 Å². The Hall–Kier alpha value is -2.40. The van der Waals surface area contributed by atoms with Crippen molar-refractivity contribution in [2.75, 3.05) is 0 Å². The van der Waals surface area contributed by atoms with E-state index in [4.69, 9.17) is 4.42 Å². The normalized spacial score (nSPS) is 11.5. The lowest BCUT2D eigenvalue weighted by molar-refractivity contribution is 0.226. The second-order valence-corrected chi connectivity index (χ2v) is 6.00. The maximum Gasteiger partial charge on any atom is 0.117 e. The van der Waals surface area contributed by atoms with E-state index in [-0.39, 0.29) is 0 Å². The van der Waals surface area contributed by atoms with Crippen molar-refractivity contribution < 1.29 is 4.42 Å². The third kappa shape index (κ3) is 4.29. The molecule has 23 heavy (non-hydrogen) atoms. The van der Waals surface area contributed by atoms with E-state index in [1.807, 2.05) is 47.5 Å². The Kier molecular flexibility index (Phi) is 4.88. The van der Waals surface area contributed by atoms with Crippen LogP contribution in [0.1, 0.15) is 36.8 Å². The van der Waals surface area contributed by atoms with Gasteiger partial charge in [0.05, 0.1) is 19.0 Å². The SMILES string of the molecule is CC(C)n1cc(CN(Cc2ccncc2)Cc2ccco2)cn1. The number of hydrogen-bond acceptors (Lipinski definition) is 4. The van der Waals surface area contributed by atoms with Crippen LogP contribution in [0.2, 0.25) is 0 Å². The van der Waals surface area contributed by atoms with Crippen LogP contribution in [0.4, 0.5) is 0 Å². The minimum Gasteiger partial charge on any atom is -0.468 e. The summed E-state index contributed by atoms with van der Waals surface area (Å²) in [6.07, 6.45) is 9.44. The molecule has 0 aliphatic heterocycles. The smallest absolute Gasteiger partial charge is 0.117 e. The van der Waals surface area contributed by atoms with E-state index in [9.17, 15) is 0 Å². The molecule has 3 rings (SSSR count). The minimum absolute atomic E-state index is 0.377. The summed E-state index contributed by atoms with van der Waals surface area (Å²) in [5, 5.41) is 4.43. The molecule has 0 fully saturated rings. The zero-order chi connectivity index (χ0) is 16.1. The van der Waals surface area contributed by atoms with E-state index >= 15 is 0 Å². The summed E-state index contributed by atoms with van der Waals surface area (Å²) >= 11 is 0. The first kappa shape index (κ1) is 15.5. The molecule has 0 saturated heterocycles. The predicted molar refractivity (Wildman–Crippen MR) is 88.5 cm³/mol. The van der Waals surface area contributed by atoms with Gasteiger partial charge in [0.25, 0.3) is 0 Å². The lowest BCUT2D eigenvalue weighted by Crippen LogP contribution is -2.22. The third-order valence-electron chi connectivity index (χ3n) is 3.71. The molecule has 0 unspecified atom stereocenters. The molecule has 0 amide bonds. The van der Waals surface area contributed by atoms with E-state index in [1.54, 1.807) is 6.26 Å². The zero-order valence-electron chi connectivity index (χ0n) is 13.6. The van der Waals surface area contributed by atoms with Gasteiger partial charge in [-0.15, -0.1) is 0 Å². The fourth-order valence-corrected chi connectivity index (χ4v) is 2.54. The fraction of sp³-hybridized carbons (Fsp3) is 0.333. The first-order valence-electron chi connectivity index (χ1n) is 7.87. The first-order valence-corrected chi connectivity index (χ1v) is 7.87. The van der Waals surface area contributed by atoms with Crippen LogP contribution in [0.5, 0.6) is 0 Å². The molecule has 0 spiro atoms. The second-order valence-electron chi connectivity index (χ2n) is 6.00. The molecule has 0 radical (unpaired) electrons. The molecule has 5 heteroatoms. The number of rotatable bonds is 7. The van der Waals surface area contributed by atoms with E-state index < -0.39 is 0 Å². The highest BCUT2D eigenvalue weighted by atomic mass is 16.3. The average Bonchev–Trinajstić information content (AvgIpc) is 3.20. The molecule has 0 aliphatic rings. The van der Waals surface area contributed by atoms with Crippen LogP contribution in [-0.4, -0.2) is 19.7 Å². The molecule has 3 aromatic rings. The first-order chi connectivity index (χ1) is 11.2. The predicted octanol–water partition coefficient (Wildman–Crippen LogP) is 3.65. The van der Waals surface area contributed by atoms with E-state index in [0.29, 0.717) is 6.04 Å². The van der Waals surface area contributed by atoms with Crippen molar-refractivity contribution >= 4 is 0 Å². The highest BCUT2D eigenvalue weighted by Crippen LogP contribution is 2.15. The Bertz CT molecular complexity index is 704. The van der Waals surface area contributed by atoms with Gasteiger partial charge in [-0.2, -0.15) is 5.10 Å². The number of furan rings is 1. The quantitative estimate of drug-likeness (QED) is 0.668. The van der Waals surface area contributed by atoms with Crippen LogP contribution in [0.3, 0.4) is 0 Å². The Morgan fingerprint density at radius 1 is 1.09 bits per heavy atom. The van der Waals surface area contributed by atoms with Crippen molar-refractivity contribution in [2.24, 2.45) is 0 Å². The highest BCUT2D eigenvalue weighted by molar-refractivity contribution is 5.11. The molecule has 0 atom stereocenters. The molecule has 0 aliphatic carbocycles. The molecule has 0 aromatic carbocycles. The van der Waals surface area contributed by atoms with E-state index in [2.05, 4.69) is 35.0 Å². The Labute approximate surface area is 136 Å². The van der Waals surface area contributed by atoms with Gasteiger partial charge in [0.2, 0.25) is 0 Å². The monoisotopic (exact) mass is 310 g/mol. The maximum absolute atomic E-state index is 5.51. The van der Waals surface area contributed by atoms with Crippen molar-refractivity contribution in [2.45, 2.75) is 39.5 Å². The largest absolute Gasteiger partial charge is 0.468 e. The molecular weight excluding hydrogens is 288 g/mol. The summed E-state index contributed by atoms with van der Waals surface area (Å²) in [6.45, 7) is 6.71. The molecule has 0 N–H and O–H groups in total. The molecule has 3 aromatic heterocycles. The minimum atomic E-state index is 0.377. The molecule has 5 nitrogen and oxygen atoms in total. The van der Waals surface area contributed by atoms with Crippen molar-refractivity contribution in [3.8, 4) is 0 Å². The van der Waals surface area contributed by atoms with Crippen molar-refractivity contribution in [3.05, 3.63) is 72.2 Å². The van der Waals surface area contributed by atoms with Crippen LogP contribution in [-0.2, 0) is 19.6 Å². The van der Waals surface area contributed by atoms with Gasteiger partial charge in [-0.1, -0.05) is 0 Å². The van der Waals surface area contributed by atoms with Gasteiger partial charge in [0, 0.05) is 43.3 Å². The highest BCUT2D eigenvalue weighted by Gasteiger charge is 2.12. The Morgan fingerprint density at radius 2 is 1.87 bits per heavy atom. The van der Waals surface area contributed by atoms with E-state index in [1.165, 1.54) is 11.1 Å². The summed E-state index contributed by atoms with van der Waals surface area (Å²) in [5.41, 5.74) is 2.45. The lowest BCUT2D eigenvalue weighted by Gasteiger charge is -2.20. The summed E-state index contributed by atoms with van der Waals surface area (Å²) in [7, 11) is 0. The lowest BCUT2D eigenvalue weighted by atomic mass is 10.2. The molecule has 0 saturated carbocycles. The standard InChI is InChI=1S/C18H22N4O/c1-15(2)22-13-17(10-20-22)12-21(14-18-4-3-9-23-18)11-16-5-7-19-8-6-16/h3-10,13,15H,11-12,14H2,1-2H3. The Morgan fingerprint density at radius 3 is 2.52 bits per heavy atom. The van der Waals surface area contributed by atoms with Crippen molar-refractivity contribution in [3.63, 3.8) is 0 Å². The Balaban J connectivity index is 1.73. The summed E-state index contributed by atoms with van der Waals surface area (Å²) in [5.74, 6) is 0.968. The summed E-state index contributed by atoms with van der Waals surface area (Å²) in [4.78, 5) is 6.43. The number of nitrogens with zero attached hydrogens (tertiary/aromatic N) is 4. The van der Waals surface area contributed by atoms with Crippen molar-refractivity contribution in [1.82, 2.24) is 19.7 Å². The topological polar surface area (TPSA) is 47.1 Å². The summed E-state index contributed by atoms with van der Waals surface area (Å²) < 4.78 is 7.50. The number of pyridine rings is 1. The zero-order valence-corrected chi connectivity index (χ0v) is 13.6. The van der Waals surface area contributed by atoms with Gasteiger partial charge in [0.1, 0.15) is 5.76 Å². The molecular formula is C18H22N4O. The van der Waals surface area contributed by atoms with Crippen LogP contribution in [0.25, 0.3) is 0 Å². The average molecular weight is 310 g/mol. The van der Waals surface area contributed by atoms with Crippen LogP contribution < -0.4 is 0 Å². The van der Waals surface area contributed by atoms with Crippen molar-refractivity contribution in [1.29, 1.82) is 0 Å². The van der Waals surface area contributed by atoms with Crippen LogP contribution in [0.15, 0.2) is 59.7 Å². The van der Waals surface area contributed by atoms with Crippen LogP contribution in [0, 0.1) is 0 Å². The third-order valence-corrected chi connectivity index (χ3v) is 3.71. The molecule has 0 bridgehead atoms. The van der Waals surface area contributed by atoms with Gasteiger partial charge in [0.15, 0.2) is 0 Å². The number of aromatic nitrogens is 3. The van der Waals surface area contributed by atoms with Gasteiger partial charge in [-0.05, 0) is 43.7 Å². The maximum atomic E-state index is 5.51. The van der Waals surface area contributed by atoms with Crippen LogP contribution >= 0.6 is 0 Å². The van der Waals surface area contributed by atoms with Gasteiger partial charge in [-0.3, -0.25) is 14.6 Å². The molecule has 120 valence electrons. The summed E-state index contributed by atoms with van der Waals surface area (Å²) in [6, 6.07) is 8.41. The number of hydrogen-bond donors (Lipinski definition) is 0. The van der Waals surface area contributed by atoms with Gasteiger partial charge >= 0.3 is 0 Å². The van der Waals surface area contributed by atoms with Gasteiger partial charge in [-0.25, -0.2) is 0 Å². The van der Waals surface area contributed by atoms with Gasteiger partial charge < -0.3 is 4.42 Å².